The van der Waals surface area contributed by atoms with Crippen LogP contribution in [0.25, 0.3) is 0 Å². The van der Waals surface area contributed by atoms with E-state index in [1.807, 2.05) is 0 Å². The smallest absolute Gasteiger partial charge is 0.300 e. The van der Waals surface area contributed by atoms with E-state index in [9.17, 15) is 13.2 Å². The van der Waals surface area contributed by atoms with Gasteiger partial charge in [-0.2, -0.15) is 13.2 Å². The van der Waals surface area contributed by atoms with Crippen LogP contribution in [0.4, 0.5) is 13.2 Å². The summed E-state index contributed by atoms with van der Waals surface area (Å²) in [6.45, 7) is 4.16. The van der Waals surface area contributed by atoms with Crippen molar-refractivity contribution >= 4 is 0 Å². The topological polar surface area (TPSA) is 3.24 Å². The zero-order valence-electron chi connectivity index (χ0n) is 12.6. The lowest BCUT2D eigenvalue weighted by molar-refractivity contribution is -0.138. The molecular formula is C17H24F3N. The van der Waals surface area contributed by atoms with Crippen molar-refractivity contribution in [1.82, 2.24) is 4.90 Å². The summed E-state index contributed by atoms with van der Waals surface area (Å²) in [5.41, 5.74) is -0.0304. The molecule has 1 aromatic rings. The molecule has 1 unspecified atom stereocenters. The fourth-order valence-corrected chi connectivity index (χ4v) is 3.26. The summed E-state index contributed by atoms with van der Waals surface area (Å²) in [5.74, 6) is 0. The Bertz CT molecular complexity index is 436. The molecule has 0 radical (unpaired) electrons. The molecule has 0 N–H and O–H groups in total. The molecule has 1 atom stereocenters. The van der Waals surface area contributed by atoms with Crippen LogP contribution < -0.4 is 0 Å². The number of hydrogen-bond acceptors (Lipinski definition) is 1. The summed E-state index contributed by atoms with van der Waals surface area (Å²) >= 11 is 0. The van der Waals surface area contributed by atoms with Crippen molar-refractivity contribution in [2.75, 3.05) is 13.1 Å². The van der Waals surface area contributed by atoms with Crippen molar-refractivity contribution in [2.45, 2.75) is 57.7 Å². The van der Waals surface area contributed by atoms with Gasteiger partial charge in [0.1, 0.15) is 0 Å². The van der Waals surface area contributed by atoms with Crippen molar-refractivity contribution in [2.24, 2.45) is 0 Å². The highest BCUT2D eigenvalue weighted by atomic mass is 19.4. The van der Waals surface area contributed by atoms with Gasteiger partial charge in [0.2, 0.25) is 0 Å². The summed E-state index contributed by atoms with van der Waals surface area (Å²) in [4.78, 5) is 2.39. The van der Waals surface area contributed by atoms with E-state index in [1.54, 1.807) is 12.1 Å². The van der Waals surface area contributed by atoms with Crippen molar-refractivity contribution in [3.8, 4) is 0 Å². The van der Waals surface area contributed by atoms with E-state index in [1.165, 1.54) is 31.4 Å². The van der Waals surface area contributed by atoms with Gasteiger partial charge in [-0.15, -0.1) is 0 Å². The normalized spacial score (nSPS) is 18.7. The average molecular weight is 299 g/mol. The minimum atomic E-state index is -4.25. The maximum absolute atomic E-state index is 13.1. The van der Waals surface area contributed by atoms with Crippen LogP contribution in [0.2, 0.25) is 0 Å². The minimum Gasteiger partial charge on any atom is -0.300 e. The third-order valence-corrected chi connectivity index (χ3v) is 4.31. The number of rotatable bonds is 5. The predicted molar refractivity (Wildman–Crippen MR) is 79.3 cm³/mol. The van der Waals surface area contributed by atoms with E-state index in [-0.39, 0.29) is 6.04 Å². The molecule has 0 aromatic heterocycles. The van der Waals surface area contributed by atoms with Gasteiger partial charge in [-0.25, -0.2) is 0 Å². The average Bonchev–Trinajstić information content (AvgIpc) is 2.47. The van der Waals surface area contributed by atoms with E-state index in [0.29, 0.717) is 12.0 Å². The van der Waals surface area contributed by atoms with Gasteiger partial charge in [0.15, 0.2) is 0 Å². The van der Waals surface area contributed by atoms with Crippen molar-refractivity contribution < 1.29 is 13.2 Å². The number of likely N-dealkylation sites (tertiary alicyclic amines) is 1. The lowest BCUT2D eigenvalue weighted by Gasteiger charge is -2.35. The van der Waals surface area contributed by atoms with E-state index in [0.717, 1.165) is 25.9 Å². The Morgan fingerprint density at radius 1 is 1.10 bits per heavy atom. The van der Waals surface area contributed by atoms with Gasteiger partial charge in [-0.3, -0.25) is 0 Å². The van der Waals surface area contributed by atoms with Crippen LogP contribution in [0.1, 0.15) is 50.2 Å². The van der Waals surface area contributed by atoms with E-state index < -0.39 is 11.7 Å². The number of benzene rings is 1. The quantitative estimate of drug-likeness (QED) is 0.747. The monoisotopic (exact) mass is 299 g/mol. The first kappa shape index (κ1) is 16.3. The van der Waals surface area contributed by atoms with E-state index in [2.05, 4.69) is 11.8 Å². The Morgan fingerprint density at radius 3 is 2.38 bits per heavy atom. The molecule has 1 fully saturated rings. The number of halogens is 3. The first-order valence-electron chi connectivity index (χ1n) is 7.91. The van der Waals surface area contributed by atoms with Gasteiger partial charge in [-0.05, 0) is 50.4 Å². The second-order valence-electron chi connectivity index (χ2n) is 5.90. The van der Waals surface area contributed by atoms with Gasteiger partial charge in [0.05, 0.1) is 5.56 Å². The standard InChI is InChI=1S/C17H24F3N/c1-2-8-15(21-11-6-3-7-12-21)13-14-9-4-5-10-16(14)17(18,19)20/h4-5,9-10,15H,2-3,6-8,11-13H2,1H3. The number of nitrogens with zero attached hydrogens (tertiary/aromatic N) is 1. The first-order valence-corrected chi connectivity index (χ1v) is 7.91. The van der Waals surface area contributed by atoms with Gasteiger partial charge >= 0.3 is 6.18 Å². The van der Waals surface area contributed by atoms with Crippen molar-refractivity contribution in [3.63, 3.8) is 0 Å². The summed E-state index contributed by atoms with van der Waals surface area (Å²) in [7, 11) is 0. The molecule has 0 bridgehead atoms. The molecule has 0 aliphatic carbocycles. The van der Waals surface area contributed by atoms with Crippen LogP contribution in [-0.4, -0.2) is 24.0 Å². The van der Waals surface area contributed by atoms with Crippen LogP contribution in [0.15, 0.2) is 24.3 Å². The van der Waals surface area contributed by atoms with Gasteiger partial charge in [0.25, 0.3) is 0 Å². The zero-order chi connectivity index (χ0) is 15.3. The lowest BCUT2D eigenvalue weighted by atomic mass is 9.95. The highest BCUT2D eigenvalue weighted by Crippen LogP contribution is 2.33. The van der Waals surface area contributed by atoms with Crippen molar-refractivity contribution in [3.05, 3.63) is 35.4 Å². The molecular weight excluding hydrogens is 275 g/mol. The van der Waals surface area contributed by atoms with Gasteiger partial charge in [-0.1, -0.05) is 38.0 Å². The molecule has 1 aliphatic rings. The Morgan fingerprint density at radius 2 is 1.76 bits per heavy atom. The third-order valence-electron chi connectivity index (χ3n) is 4.31. The molecule has 1 aliphatic heterocycles. The molecule has 4 heteroatoms. The largest absolute Gasteiger partial charge is 0.416 e. The summed E-state index contributed by atoms with van der Waals surface area (Å²) in [5, 5.41) is 0. The van der Waals surface area contributed by atoms with Gasteiger partial charge in [0, 0.05) is 6.04 Å². The molecule has 21 heavy (non-hydrogen) atoms. The minimum absolute atomic E-state index is 0.235. The molecule has 1 nitrogen and oxygen atoms in total. The molecule has 2 rings (SSSR count). The number of piperidine rings is 1. The molecule has 1 heterocycles. The van der Waals surface area contributed by atoms with Crippen LogP contribution in [0.5, 0.6) is 0 Å². The van der Waals surface area contributed by atoms with Crippen molar-refractivity contribution in [1.29, 1.82) is 0 Å². The summed E-state index contributed by atoms with van der Waals surface area (Å²) in [6, 6.07) is 6.26. The maximum Gasteiger partial charge on any atom is 0.416 e. The number of hydrogen-bond donors (Lipinski definition) is 0. The van der Waals surface area contributed by atoms with E-state index >= 15 is 0 Å². The molecule has 0 spiro atoms. The van der Waals surface area contributed by atoms with E-state index in [4.69, 9.17) is 0 Å². The highest BCUT2D eigenvalue weighted by Gasteiger charge is 2.33. The Hall–Kier alpha value is -1.03. The number of alkyl halides is 3. The van der Waals surface area contributed by atoms with Gasteiger partial charge < -0.3 is 4.90 Å². The van der Waals surface area contributed by atoms with Crippen LogP contribution >= 0.6 is 0 Å². The summed E-state index contributed by atoms with van der Waals surface area (Å²) in [6.07, 6.45) is 1.80. The summed E-state index contributed by atoms with van der Waals surface area (Å²) < 4.78 is 39.3. The Labute approximate surface area is 125 Å². The first-order chi connectivity index (χ1) is 10.0. The molecule has 118 valence electrons. The molecule has 1 aromatic carbocycles. The Kier molecular flexibility index (Phi) is 5.68. The van der Waals surface area contributed by atoms with Crippen LogP contribution in [-0.2, 0) is 12.6 Å². The van der Waals surface area contributed by atoms with Crippen LogP contribution in [0.3, 0.4) is 0 Å². The van der Waals surface area contributed by atoms with Crippen LogP contribution in [0, 0.1) is 0 Å². The fourth-order valence-electron chi connectivity index (χ4n) is 3.26. The third kappa shape index (κ3) is 4.47. The maximum atomic E-state index is 13.1. The zero-order valence-corrected chi connectivity index (χ0v) is 12.6. The molecule has 0 saturated carbocycles. The predicted octanol–water partition coefficient (Wildman–Crippen LogP) is 4.90. The molecule has 1 saturated heterocycles. The highest BCUT2D eigenvalue weighted by molar-refractivity contribution is 5.30. The molecule has 0 amide bonds. The Balaban J connectivity index is 2.16. The SMILES string of the molecule is CCCC(Cc1ccccc1C(F)(F)F)N1CCCCC1. The fraction of sp³-hybridized carbons (Fsp3) is 0.647. The second-order valence-corrected chi connectivity index (χ2v) is 5.90. The lowest BCUT2D eigenvalue weighted by Crippen LogP contribution is -2.40. The second kappa shape index (κ2) is 7.30.